The molecule has 25 heavy (non-hydrogen) atoms. The van der Waals surface area contributed by atoms with Crippen molar-refractivity contribution in [3.63, 3.8) is 0 Å². The molecule has 2 aromatic carbocycles. The van der Waals surface area contributed by atoms with Crippen LogP contribution in [0.5, 0.6) is 5.75 Å². The first kappa shape index (κ1) is 16.7. The average molecular weight is 337 g/mol. The molecule has 0 radical (unpaired) electrons. The summed E-state index contributed by atoms with van der Waals surface area (Å²) in [5.41, 5.74) is 1.39. The van der Waals surface area contributed by atoms with E-state index in [9.17, 15) is 9.59 Å². The molecule has 0 saturated heterocycles. The fourth-order valence-corrected chi connectivity index (χ4v) is 2.62. The number of amides is 1. The lowest BCUT2D eigenvalue weighted by Gasteiger charge is -2.21. The SMILES string of the molecule is COc1ccc(CN(Cc2nc3ccccc3c(=O)[nH]2)C(C)=O)cc1. The third-order valence-electron chi connectivity index (χ3n) is 3.98. The van der Waals surface area contributed by atoms with Crippen LogP contribution in [0.4, 0.5) is 0 Å². The molecular formula is C19H19N3O3. The molecule has 3 aromatic rings. The summed E-state index contributed by atoms with van der Waals surface area (Å²) in [6.45, 7) is 2.17. The van der Waals surface area contributed by atoms with Gasteiger partial charge in [0.2, 0.25) is 5.91 Å². The van der Waals surface area contributed by atoms with Crippen molar-refractivity contribution in [2.24, 2.45) is 0 Å². The van der Waals surface area contributed by atoms with Crippen molar-refractivity contribution in [1.82, 2.24) is 14.9 Å². The van der Waals surface area contributed by atoms with Crippen LogP contribution in [-0.2, 0) is 17.9 Å². The zero-order valence-electron chi connectivity index (χ0n) is 14.2. The number of carbonyl (C=O) groups excluding carboxylic acids is 1. The molecule has 0 atom stereocenters. The van der Waals surface area contributed by atoms with E-state index < -0.39 is 0 Å². The third kappa shape index (κ3) is 3.85. The Balaban J connectivity index is 1.84. The van der Waals surface area contributed by atoms with E-state index in [1.807, 2.05) is 30.3 Å². The summed E-state index contributed by atoms with van der Waals surface area (Å²) in [6.07, 6.45) is 0. The maximum Gasteiger partial charge on any atom is 0.258 e. The maximum atomic E-state index is 12.2. The Bertz CT molecular complexity index is 948. The standard InChI is InChI=1S/C19H19N3O3/c1-13(23)22(11-14-7-9-15(25-2)10-8-14)12-18-20-17-6-4-3-5-16(17)19(24)21-18/h3-10H,11-12H2,1-2H3,(H,20,21,24). The van der Waals surface area contributed by atoms with Gasteiger partial charge in [0.15, 0.2) is 0 Å². The number of aromatic nitrogens is 2. The number of benzene rings is 2. The maximum absolute atomic E-state index is 12.2. The Morgan fingerprint density at radius 3 is 2.52 bits per heavy atom. The summed E-state index contributed by atoms with van der Waals surface area (Å²) < 4.78 is 5.14. The number of rotatable bonds is 5. The molecule has 1 heterocycles. The second-order valence-electron chi connectivity index (χ2n) is 5.75. The van der Waals surface area contributed by atoms with Crippen molar-refractivity contribution in [3.05, 3.63) is 70.3 Å². The van der Waals surface area contributed by atoms with Gasteiger partial charge in [0.1, 0.15) is 11.6 Å². The summed E-state index contributed by atoms with van der Waals surface area (Å²) in [6, 6.07) is 14.7. The van der Waals surface area contributed by atoms with Gasteiger partial charge in [-0.25, -0.2) is 4.98 Å². The van der Waals surface area contributed by atoms with Gasteiger partial charge in [0.05, 0.1) is 24.6 Å². The topological polar surface area (TPSA) is 75.3 Å². The molecule has 1 aromatic heterocycles. The van der Waals surface area contributed by atoms with E-state index in [4.69, 9.17) is 4.74 Å². The highest BCUT2D eigenvalue weighted by Crippen LogP contribution is 2.14. The molecule has 3 rings (SSSR count). The number of methoxy groups -OCH3 is 1. The van der Waals surface area contributed by atoms with Gasteiger partial charge < -0.3 is 14.6 Å². The molecule has 1 amide bonds. The van der Waals surface area contributed by atoms with E-state index in [1.165, 1.54) is 6.92 Å². The lowest BCUT2D eigenvalue weighted by molar-refractivity contribution is -0.130. The highest BCUT2D eigenvalue weighted by Gasteiger charge is 2.13. The van der Waals surface area contributed by atoms with Crippen LogP contribution >= 0.6 is 0 Å². The van der Waals surface area contributed by atoms with Crippen LogP contribution in [0.2, 0.25) is 0 Å². The lowest BCUT2D eigenvalue weighted by atomic mass is 10.2. The van der Waals surface area contributed by atoms with Gasteiger partial charge in [-0.1, -0.05) is 24.3 Å². The Kier molecular flexibility index (Phi) is 4.79. The fraction of sp³-hybridized carbons (Fsp3) is 0.211. The van der Waals surface area contributed by atoms with Crippen molar-refractivity contribution >= 4 is 16.8 Å². The molecule has 0 aliphatic heterocycles. The summed E-state index contributed by atoms with van der Waals surface area (Å²) in [7, 11) is 1.61. The highest BCUT2D eigenvalue weighted by atomic mass is 16.5. The normalized spacial score (nSPS) is 10.6. The molecule has 6 nitrogen and oxygen atoms in total. The van der Waals surface area contributed by atoms with E-state index in [0.29, 0.717) is 23.3 Å². The van der Waals surface area contributed by atoms with Crippen molar-refractivity contribution < 1.29 is 9.53 Å². The van der Waals surface area contributed by atoms with Crippen molar-refractivity contribution in [2.75, 3.05) is 7.11 Å². The second kappa shape index (κ2) is 7.17. The number of hydrogen-bond donors (Lipinski definition) is 1. The van der Waals surface area contributed by atoms with Crippen molar-refractivity contribution in [2.45, 2.75) is 20.0 Å². The van der Waals surface area contributed by atoms with Gasteiger partial charge in [-0.05, 0) is 29.8 Å². The minimum absolute atomic E-state index is 0.0911. The van der Waals surface area contributed by atoms with E-state index >= 15 is 0 Å². The Morgan fingerprint density at radius 2 is 1.84 bits per heavy atom. The predicted molar refractivity (Wildman–Crippen MR) is 95.3 cm³/mol. The molecule has 0 unspecified atom stereocenters. The van der Waals surface area contributed by atoms with Crippen LogP contribution in [-0.4, -0.2) is 27.9 Å². The molecule has 1 N–H and O–H groups in total. The van der Waals surface area contributed by atoms with Crippen LogP contribution in [0, 0.1) is 0 Å². The number of fused-ring (bicyclic) bond motifs is 1. The van der Waals surface area contributed by atoms with Gasteiger partial charge in [-0.15, -0.1) is 0 Å². The van der Waals surface area contributed by atoms with Crippen molar-refractivity contribution in [1.29, 1.82) is 0 Å². The van der Waals surface area contributed by atoms with Crippen LogP contribution in [0.15, 0.2) is 53.3 Å². The molecule has 0 spiro atoms. The van der Waals surface area contributed by atoms with Gasteiger partial charge >= 0.3 is 0 Å². The van der Waals surface area contributed by atoms with Crippen LogP contribution in [0.1, 0.15) is 18.3 Å². The number of ether oxygens (including phenoxy) is 1. The van der Waals surface area contributed by atoms with E-state index in [0.717, 1.165) is 11.3 Å². The third-order valence-corrected chi connectivity index (χ3v) is 3.98. The predicted octanol–water partition coefficient (Wildman–Crippen LogP) is 2.48. The Morgan fingerprint density at radius 1 is 1.12 bits per heavy atom. The molecule has 0 bridgehead atoms. The van der Waals surface area contributed by atoms with Crippen LogP contribution in [0.25, 0.3) is 10.9 Å². The minimum Gasteiger partial charge on any atom is -0.497 e. The number of nitrogens with one attached hydrogen (secondary N) is 1. The molecular weight excluding hydrogens is 318 g/mol. The summed E-state index contributed by atoms with van der Waals surface area (Å²) in [5.74, 6) is 1.14. The fourth-order valence-electron chi connectivity index (χ4n) is 2.62. The summed E-state index contributed by atoms with van der Waals surface area (Å²) in [5, 5.41) is 0.538. The van der Waals surface area contributed by atoms with E-state index in [1.54, 1.807) is 30.2 Å². The summed E-state index contributed by atoms with van der Waals surface area (Å²) >= 11 is 0. The first-order valence-electron chi connectivity index (χ1n) is 7.93. The number of nitrogens with zero attached hydrogens (tertiary/aromatic N) is 2. The summed E-state index contributed by atoms with van der Waals surface area (Å²) in [4.78, 5) is 33.0. The number of hydrogen-bond acceptors (Lipinski definition) is 4. The average Bonchev–Trinajstić information content (AvgIpc) is 2.62. The Hall–Kier alpha value is -3.15. The van der Waals surface area contributed by atoms with Crippen molar-refractivity contribution in [3.8, 4) is 5.75 Å². The van der Waals surface area contributed by atoms with Crippen LogP contribution in [0.3, 0.4) is 0 Å². The molecule has 6 heteroatoms. The van der Waals surface area contributed by atoms with E-state index in [2.05, 4.69) is 9.97 Å². The number of para-hydroxylation sites is 1. The smallest absolute Gasteiger partial charge is 0.258 e. The van der Waals surface area contributed by atoms with Gasteiger partial charge in [-0.2, -0.15) is 0 Å². The first-order chi connectivity index (χ1) is 12.1. The Labute approximate surface area is 145 Å². The zero-order chi connectivity index (χ0) is 17.8. The monoisotopic (exact) mass is 337 g/mol. The first-order valence-corrected chi connectivity index (χ1v) is 7.93. The quantitative estimate of drug-likeness (QED) is 0.776. The lowest BCUT2D eigenvalue weighted by Crippen LogP contribution is -2.29. The molecule has 0 fully saturated rings. The minimum atomic E-state index is -0.200. The van der Waals surface area contributed by atoms with Gasteiger partial charge in [0.25, 0.3) is 5.56 Å². The molecule has 0 saturated carbocycles. The van der Waals surface area contributed by atoms with E-state index in [-0.39, 0.29) is 18.0 Å². The number of carbonyl (C=O) groups is 1. The van der Waals surface area contributed by atoms with Gasteiger partial charge in [-0.3, -0.25) is 9.59 Å². The van der Waals surface area contributed by atoms with Crippen LogP contribution < -0.4 is 10.3 Å². The second-order valence-corrected chi connectivity index (χ2v) is 5.75. The van der Waals surface area contributed by atoms with Gasteiger partial charge in [0, 0.05) is 13.5 Å². The molecule has 128 valence electrons. The molecule has 0 aliphatic rings. The highest BCUT2D eigenvalue weighted by molar-refractivity contribution is 5.77. The number of aromatic amines is 1. The largest absolute Gasteiger partial charge is 0.497 e. The zero-order valence-corrected chi connectivity index (χ0v) is 14.2. The number of H-pyrrole nitrogens is 1. The molecule has 0 aliphatic carbocycles.